The number of nitrogens with zero attached hydrogens (tertiary/aromatic N) is 2. The van der Waals surface area contributed by atoms with Gasteiger partial charge in [0.25, 0.3) is 0 Å². The van der Waals surface area contributed by atoms with Gasteiger partial charge >= 0.3 is 0 Å². The Morgan fingerprint density at radius 2 is 2.29 bits per heavy atom. The molecule has 0 aromatic heterocycles. The summed E-state index contributed by atoms with van der Waals surface area (Å²) in [7, 11) is 0. The molecule has 2 saturated heterocycles. The van der Waals surface area contributed by atoms with Gasteiger partial charge in [-0.2, -0.15) is 0 Å². The zero-order chi connectivity index (χ0) is 12.3. The van der Waals surface area contributed by atoms with Crippen LogP contribution in [0.25, 0.3) is 0 Å². The molecule has 4 N–H and O–H groups in total. The molecule has 3 atom stereocenters. The topological polar surface area (TPSA) is 73.9 Å². The largest absolute Gasteiger partial charge is 0.409 e. The molecule has 2 aliphatic rings. The highest BCUT2D eigenvalue weighted by Gasteiger charge is 2.36. The van der Waals surface area contributed by atoms with E-state index in [0.717, 1.165) is 6.42 Å². The van der Waals surface area contributed by atoms with Crippen LogP contribution in [0.15, 0.2) is 5.16 Å². The molecule has 0 amide bonds. The molecule has 17 heavy (non-hydrogen) atoms. The second-order valence-electron chi connectivity index (χ2n) is 5.15. The third-order valence-electron chi connectivity index (χ3n) is 4.15. The lowest BCUT2D eigenvalue weighted by atomic mass is 9.98. The summed E-state index contributed by atoms with van der Waals surface area (Å²) >= 11 is 0. The maximum atomic E-state index is 8.76. The first-order chi connectivity index (χ1) is 8.26. The van der Waals surface area contributed by atoms with E-state index in [4.69, 9.17) is 10.9 Å². The van der Waals surface area contributed by atoms with Gasteiger partial charge in [0, 0.05) is 18.6 Å². The summed E-state index contributed by atoms with van der Waals surface area (Å²) < 4.78 is 0. The van der Waals surface area contributed by atoms with Gasteiger partial charge in [0.1, 0.15) is 0 Å². The lowest BCUT2D eigenvalue weighted by Gasteiger charge is -2.34. The molecule has 0 radical (unpaired) electrons. The molecule has 2 aliphatic heterocycles. The normalized spacial score (nSPS) is 32.4. The van der Waals surface area contributed by atoms with Crippen molar-refractivity contribution in [2.24, 2.45) is 10.9 Å². The quantitative estimate of drug-likeness (QED) is 0.293. The molecule has 3 unspecified atom stereocenters. The van der Waals surface area contributed by atoms with E-state index in [2.05, 4.69) is 22.3 Å². The Kier molecular flexibility index (Phi) is 4.23. The average Bonchev–Trinajstić information content (AvgIpc) is 2.78. The molecule has 0 spiro atoms. The number of hydrogen-bond acceptors (Lipinski definition) is 4. The Labute approximate surface area is 103 Å². The predicted octanol–water partition coefficient (Wildman–Crippen LogP) is 0.728. The van der Waals surface area contributed by atoms with Crippen LogP contribution in [0.1, 0.15) is 39.0 Å². The number of rotatable bonds is 4. The fourth-order valence-corrected chi connectivity index (χ4v) is 3.18. The Morgan fingerprint density at radius 3 is 3.00 bits per heavy atom. The van der Waals surface area contributed by atoms with Crippen LogP contribution < -0.4 is 11.1 Å². The molecule has 5 nitrogen and oxygen atoms in total. The third-order valence-corrected chi connectivity index (χ3v) is 4.15. The lowest BCUT2D eigenvalue weighted by molar-refractivity contribution is 0.178. The number of nitrogens with two attached hydrogens (primary N) is 1. The maximum absolute atomic E-state index is 8.76. The monoisotopic (exact) mass is 240 g/mol. The van der Waals surface area contributed by atoms with Crippen LogP contribution in [0.4, 0.5) is 0 Å². The lowest BCUT2D eigenvalue weighted by Crippen LogP contribution is -2.51. The minimum atomic E-state index is 0.00637. The molecule has 2 heterocycles. The SMILES string of the molecule is CCC(NC1CCN2CCCCC12)C(N)=NO. The van der Waals surface area contributed by atoms with Crippen LogP contribution >= 0.6 is 0 Å². The minimum absolute atomic E-state index is 0.00637. The Hall–Kier alpha value is -0.810. The Bertz CT molecular complexity index is 282. The first-order valence-electron chi connectivity index (χ1n) is 6.73. The summed E-state index contributed by atoms with van der Waals surface area (Å²) in [5.74, 6) is 0.307. The van der Waals surface area contributed by atoms with Crippen LogP contribution in [0.2, 0.25) is 0 Å². The Morgan fingerprint density at radius 1 is 1.47 bits per heavy atom. The molecule has 0 aromatic rings. The Balaban J connectivity index is 1.94. The molecule has 0 aromatic carbocycles. The van der Waals surface area contributed by atoms with E-state index in [-0.39, 0.29) is 6.04 Å². The average molecular weight is 240 g/mol. The zero-order valence-corrected chi connectivity index (χ0v) is 10.6. The number of piperidine rings is 1. The molecule has 0 saturated carbocycles. The van der Waals surface area contributed by atoms with Gasteiger partial charge in [-0.25, -0.2) is 0 Å². The van der Waals surface area contributed by atoms with Crippen molar-refractivity contribution in [3.63, 3.8) is 0 Å². The first kappa shape index (κ1) is 12.6. The van der Waals surface area contributed by atoms with Gasteiger partial charge in [0.05, 0.1) is 6.04 Å². The van der Waals surface area contributed by atoms with Gasteiger partial charge in [-0.1, -0.05) is 18.5 Å². The van der Waals surface area contributed by atoms with E-state index >= 15 is 0 Å². The van der Waals surface area contributed by atoms with Crippen LogP contribution in [0.5, 0.6) is 0 Å². The molecule has 2 fully saturated rings. The van der Waals surface area contributed by atoms with Gasteiger partial charge in [-0.15, -0.1) is 0 Å². The second-order valence-corrected chi connectivity index (χ2v) is 5.15. The number of oxime groups is 1. The van der Waals surface area contributed by atoms with Crippen molar-refractivity contribution >= 4 is 5.84 Å². The first-order valence-corrected chi connectivity index (χ1v) is 6.73. The summed E-state index contributed by atoms with van der Waals surface area (Å²) in [6.07, 6.45) is 5.99. The molecule has 2 rings (SSSR count). The van der Waals surface area contributed by atoms with Crippen LogP contribution in [0.3, 0.4) is 0 Å². The van der Waals surface area contributed by atoms with Crippen LogP contribution in [0, 0.1) is 0 Å². The number of fused-ring (bicyclic) bond motifs is 1. The number of nitrogens with one attached hydrogen (secondary N) is 1. The third kappa shape index (κ3) is 2.72. The summed E-state index contributed by atoms with van der Waals surface area (Å²) in [6.45, 7) is 4.49. The van der Waals surface area contributed by atoms with Crippen molar-refractivity contribution in [2.75, 3.05) is 13.1 Å². The van der Waals surface area contributed by atoms with E-state index in [1.807, 2.05) is 0 Å². The summed E-state index contributed by atoms with van der Waals surface area (Å²) in [5.41, 5.74) is 5.70. The summed E-state index contributed by atoms with van der Waals surface area (Å²) in [4.78, 5) is 2.58. The van der Waals surface area contributed by atoms with E-state index in [1.54, 1.807) is 0 Å². The van der Waals surface area contributed by atoms with Crippen molar-refractivity contribution < 1.29 is 5.21 Å². The zero-order valence-electron chi connectivity index (χ0n) is 10.6. The minimum Gasteiger partial charge on any atom is -0.409 e. The fraction of sp³-hybridized carbons (Fsp3) is 0.917. The number of hydrogen-bond donors (Lipinski definition) is 3. The number of amidine groups is 1. The second kappa shape index (κ2) is 5.69. The highest BCUT2D eigenvalue weighted by molar-refractivity contribution is 5.85. The smallest absolute Gasteiger partial charge is 0.156 e. The van der Waals surface area contributed by atoms with E-state index < -0.39 is 0 Å². The highest BCUT2D eigenvalue weighted by Crippen LogP contribution is 2.27. The summed E-state index contributed by atoms with van der Waals surface area (Å²) in [6, 6.07) is 1.16. The van der Waals surface area contributed by atoms with Gasteiger partial charge in [-0.05, 0) is 32.2 Å². The van der Waals surface area contributed by atoms with Gasteiger partial charge in [0.2, 0.25) is 0 Å². The van der Waals surface area contributed by atoms with Crippen LogP contribution in [-0.4, -0.2) is 47.2 Å². The van der Waals surface area contributed by atoms with Crippen molar-refractivity contribution in [3.05, 3.63) is 0 Å². The van der Waals surface area contributed by atoms with Gasteiger partial charge < -0.3 is 16.3 Å². The van der Waals surface area contributed by atoms with Crippen molar-refractivity contribution in [2.45, 2.75) is 57.2 Å². The molecule has 5 heteroatoms. The van der Waals surface area contributed by atoms with Gasteiger partial charge in [-0.3, -0.25) is 4.90 Å². The molecular weight excluding hydrogens is 216 g/mol. The molecule has 98 valence electrons. The predicted molar refractivity (Wildman–Crippen MR) is 68.2 cm³/mol. The highest BCUT2D eigenvalue weighted by atomic mass is 16.4. The molecule has 0 bridgehead atoms. The standard InChI is InChI=1S/C12H24N4O/c1-2-9(12(13)15-17)14-10-6-8-16-7-4-3-5-11(10)16/h9-11,14,17H,2-8H2,1H3,(H2,13,15). The van der Waals surface area contributed by atoms with E-state index in [0.29, 0.717) is 17.9 Å². The van der Waals surface area contributed by atoms with Crippen molar-refractivity contribution in [1.29, 1.82) is 0 Å². The van der Waals surface area contributed by atoms with Crippen molar-refractivity contribution in [1.82, 2.24) is 10.2 Å². The van der Waals surface area contributed by atoms with Crippen molar-refractivity contribution in [3.8, 4) is 0 Å². The molecular formula is C12H24N4O. The van der Waals surface area contributed by atoms with Crippen LogP contribution in [-0.2, 0) is 0 Å². The van der Waals surface area contributed by atoms with Gasteiger partial charge in [0.15, 0.2) is 5.84 Å². The molecule has 0 aliphatic carbocycles. The summed E-state index contributed by atoms with van der Waals surface area (Å²) in [5, 5.41) is 15.4. The fourth-order valence-electron chi connectivity index (χ4n) is 3.18. The van der Waals surface area contributed by atoms with E-state index in [9.17, 15) is 0 Å². The maximum Gasteiger partial charge on any atom is 0.156 e. The van der Waals surface area contributed by atoms with E-state index in [1.165, 1.54) is 38.8 Å².